The molecule has 1 saturated heterocycles. The molecule has 5 nitrogen and oxygen atoms in total. The van der Waals surface area contributed by atoms with Gasteiger partial charge in [0.15, 0.2) is 0 Å². The smallest absolute Gasteiger partial charge is 0.213 e. The summed E-state index contributed by atoms with van der Waals surface area (Å²) in [5.41, 5.74) is 0. The van der Waals surface area contributed by atoms with Gasteiger partial charge < -0.3 is 5.32 Å². The summed E-state index contributed by atoms with van der Waals surface area (Å²) in [7, 11) is -3.15. The Morgan fingerprint density at radius 1 is 1.19 bits per heavy atom. The van der Waals surface area contributed by atoms with Crippen molar-refractivity contribution in [2.45, 2.75) is 51.5 Å². The van der Waals surface area contributed by atoms with Crippen molar-refractivity contribution in [3.8, 4) is 0 Å². The van der Waals surface area contributed by atoms with E-state index in [2.05, 4.69) is 21.9 Å². The normalized spacial score (nSPS) is 24.0. The van der Waals surface area contributed by atoms with E-state index in [1.807, 2.05) is 0 Å². The number of rotatable bonds is 7. The maximum Gasteiger partial charge on any atom is 0.213 e. The summed E-state index contributed by atoms with van der Waals surface area (Å²) < 4.78 is 27.6. The van der Waals surface area contributed by atoms with Crippen LogP contribution in [0.3, 0.4) is 0 Å². The second-order valence-corrected chi connectivity index (χ2v) is 8.31. The maximum absolute atomic E-state index is 12.3. The minimum Gasteiger partial charge on any atom is -0.314 e. The summed E-state index contributed by atoms with van der Waals surface area (Å²) in [6.45, 7) is 6.58. The van der Waals surface area contributed by atoms with Crippen molar-refractivity contribution in [1.82, 2.24) is 14.9 Å². The molecule has 2 N–H and O–H groups in total. The molecule has 124 valence electrons. The zero-order chi connectivity index (χ0) is 15.1. The van der Waals surface area contributed by atoms with E-state index in [9.17, 15) is 8.42 Å². The van der Waals surface area contributed by atoms with Crippen molar-refractivity contribution >= 4 is 10.0 Å². The average Bonchev–Trinajstić information content (AvgIpc) is 2.53. The van der Waals surface area contributed by atoms with Crippen LogP contribution in [0.5, 0.6) is 0 Å². The molecule has 0 amide bonds. The first kappa shape index (κ1) is 17.2. The summed E-state index contributed by atoms with van der Waals surface area (Å²) in [5.74, 6) is 0.772. The molecule has 0 radical (unpaired) electrons. The minimum atomic E-state index is -3.15. The molecule has 1 heterocycles. The van der Waals surface area contributed by atoms with Crippen LogP contribution >= 0.6 is 0 Å². The molecule has 0 spiro atoms. The molecule has 2 rings (SSSR count). The lowest BCUT2D eigenvalue weighted by Crippen LogP contribution is -2.47. The predicted molar refractivity (Wildman–Crippen MR) is 86.9 cm³/mol. The van der Waals surface area contributed by atoms with Crippen molar-refractivity contribution in [3.63, 3.8) is 0 Å². The van der Waals surface area contributed by atoms with Gasteiger partial charge in [-0.25, -0.2) is 13.1 Å². The molecule has 0 aromatic carbocycles. The molecule has 1 unspecified atom stereocenters. The van der Waals surface area contributed by atoms with Gasteiger partial charge >= 0.3 is 0 Å². The lowest BCUT2D eigenvalue weighted by molar-refractivity contribution is 0.252. The van der Waals surface area contributed by atoms with Crippen LogP contribution in [0.1, 0.15) is 45.4 Å². The van der Waals surface area contributed by atoms with Crippen molar-refractivity contribution in [1.29, 1.82) is 0 Å². The van der Waals surface area contributed by atoms with Crippen LogP contribution in [0.25, 0.3) is 0 Å². The number of sulfonamides is 1. The Morgan fingerprint density at radius 3 is 2.48 bits per heavy atom. The first-order valence-electron chi connectivity index (χ1n) is 8.54. The Hall–Kier alpha value is -0.170. The lowest BCUT2D eigenvalue weighted by atomic mass is 9.83. The SMILES string of the molecule is CCC(NS(=O)(=O)CCN1CCNCC1)C1CCCCC1. The van der Waals surface area contributed by atoms with Gasteiger partial charge in [0.2, 0.25) is 10.0 Å². The molecule has 0 aromatic rings. The quantitative estimate of drug-likeness (QED) is 0.740. The molecule has 6 heteroatoms. The van der Waals surface area contributed by atoms with Crippen LogP contribution in [-0.2, 0) is 10.0 Å². The molecular weight excluding hydrogens is 286 g/mol. The molecule has 2 aliphatic rings. The molecule has 0 aromatic heterocycles. The van der Waals surface area contributed by atoms with Crippen molar-refractivity contribution in [2.75, 3.05) is 38.5 Å². The van der Waals surface area contributed by atoms with Crippen molar-refractivity contribution in [3.05, 3.63) is 0 Å². The number of nitrogens with zero attached hydrogens (tertiary/aromatic N) is 1. The summed E-state index contributed by atoms with van der Waals surface area (Å²) in [6, 6.07) is 0.137. The van der Waals surface area contributed by atoms with Gasteiger partial charge in [0, 0.05) is 38.8 Å². The molecular formula is C15H31N3O2S. The topological polar surface area (TPSA) is 61.4 Å². The number of hydrogen-bond acceptors (Lipinski definition) is 4. The van der Waals surface area contributed by atoms with Crippen LogP contribution in [0, 0.1) is 5.92 Å². The van der Waals surface area contributed by atoms with E-state index < -0.39 is 10.0 Å². The second kappa shape index (κ2) is 8.46. The fraction of sp³-hybridized carbons (Fsp3) is 1.00. The first-order chi connectivity index (χ1) is 10.1. The highest BCUT2D eigenvalue weighted by atomic mass is 32.2. The van der Waals surface area contributed by atoms with Gasteiger partial charge in [0.05, 0.1) is 5.75 Å². The van der Waals surface area contributed by atoms with Gasteiger partial charge in [-0.3, -0.25) is 4.90 Å². The largest absolute Gasteiger partial charge is 0.314 e. The summed E-state index contributed by atoms with van der Waals surface area (Å²) in [4.78, 5) is 2.23. The third-order valence-electron chi connectivity index (χ3n) is 4.88. The van der Waals surface area contributed by atoms with E-state index in [-0.39, 0.29) is 11.8 Å². The summed E-state index contributed by atoms with van der Waals surface area (Å²) in [6.07, 6.45) is 7.07. The zero-order valence-electron chi connectivity index (χ0n) is 13.3. The van der Waals surface area contributed by atoms with Gasteiger partial charge in [-0.15, -0.1) is 0 Å². The monoisotopic (exact) mass is 317 g/mol. The van der Waals surface area contributed by atoms with Crippen molar-refractivity contribution < 1.29 is 8.42 Å². The van der Waals surface area contributed by atoms with Crippen LogP contribution in [0.4, 0.5) is 0 Å². The van der Waals surface area contributed by atoms with Crippen LogP contribution < -0.4 is 10.0 Å². The molecule has 1 saturated carbocycles. The van der Waals surface area contributed by atoms with E-state index in [0.29, 0.717) is 12.5 Å². The second-order valence-electron chi connectivity index (χ2n) is 6.44. The van der Waals surface area contributed by atoms with E-state index in [4.69, 9.17) is 0 Å². The molecule has 1 aliphatic heterocycles. The van der Waals surface area contributed by atoms with Gasteiger partial charge in [-0.2, -0.15) is 0 Å². The number of nitrogens with one attached hydrogen (secondary N) is 2. The maximum atomic E-state index is 12.3. The minimum absolute atomic E-state index is 0.137. The Labute approximate surface area is 129 Å². The number of hydrogen-bond donors (Lipinski definition) is 2. The highest BCUT2D eigenvalue weighted by Gasteiger charge is 2.26. The van der Waals surface area contributed by atoms with E-state index >= 15 is 0 Å². The Kier molecular flexibility index (Phi) is 6.92. The molecule has 2 fully saturated rings. The van der Waals surface area contributed by atoms with Gasteiger partial charge in [-0.05, 0) is 25.2 Å². The fourth-order valence-corrected chi connectivity index (χ4v) is 4.96. The highest BCUT2D eigenvalue weighted by Crippen LogP contribution is 2.28. The summed E-state index contributed by atoms with van der Waals surface area (Å²) >= 11 is 0. The van der Waals surface area contributed by atoms with Crippen molar-refractivity contribution in [2.24, 2.45) is 5.92 Å². The molecule has 1 atom stereocenters. The predicted octanol–water partition coefficient (Wildman–Crippen LogP) is 1.17. The zero-order valence-corrected chi connectivity index (χ0v) is 14.1. The third kappa shape index (κ3) is 5.85. The van der Waals surface area contributed by atoms with Crippen LogP contribution in [-0.4, -0.2) is 57.8 Å². The van der Waals surface area contributed by atoms with Crippen LogP contribution in [0.2, 0.25) is 0 Å². The molecule has 0 bridgehead atoms. The lowest BCUT2D eigenvalue weighted by Gasteiger charge is -2.31. The molecule has 1 aliphatic carbocycles. The first-order valence-corrected chi connectivity index (χ1v) is 10.2. The van der Waals surface area contributed by atoms with E-state index in [0.717, 1.165) is 32.6 Å². The van der Waals surface area contributed by atoms with E-state index in [1.54, 1.807) is 0 Å². The third-order valence-corrected chi connectivity index (χ3v) is 6.26. The Bertz CT molecular complexity index is 388. The highest BCUT2D eigenvalue weighted by molar-refractivity contribution is 7.89. The number of piperazine rings is 1. The summed E-state index contributed by atoms with van der Waals surface area (Å²) in [5, 5.41) is 3.29. The average molecular weight is 317 g/mol. The van der Waals surface area contributed by atoms with Crippen LogP contribution in [0.15, 0.2) is 0 Å². The van der Waals surface area contributed by atoms with E-state index in [1.165, 1.54) is 32.1 Å². The Balaban J connectivity index is 1.80. The van der Waals surface area contributed by atoms with Gasteiger partial charge in [0.1, 0.15) is 0 Å². The molecule has 21 heavy (non-hydrogen) atoms. The van der Waals surface area contributed by atoms with Gasteiger partial charge in [0.25, 0.3) is 0 Å². The standard InChI is InChI=1S/C15H31N3O2S/c1-2-15(14-6-4-3-5-7-14)17-21(19,20)13-12-18-10-8-16-9-11-18/h14-17H,2-13H2,1H3. The van der Waals surface area contributed by atoms with Gasteiger partial charge in [-0.1, -0.05) is 26.2 Å². The fourth-order valence-electron chi connectivity index (χ4n) is 3.52. The Morgan fingerprint density at radius 2 is 1.86 bits per heavy atom.